The highest BCUT2D eigenvalue weighted by Gasteiger charge is 2.41. The van der Waals surface area contributed by atoms with Crippen LogP contribution < -0.4 is 10.1 Å². The molecule has 0 spiro atoms. The van der Waals surface area contributed by atoms with Gasteiger partial charge in [0.05, 0.1) is 27.6 Å². The summed E-state index contributed by atoms with van der Waals surface area (Å²) in [5.74, 6) is -3.41. The van der Waals surface area contributed by atoms with E-state index in [0.717, 1.165) is 7.11 Å². The Bertz CT molecular complexity index is 1660. The number of benzene rings is 2. The fourth-order valence-corrected chi connectivity index (χ4v) is 4.51. The summed E-state index contributed by atoms with van der Waals surface area (Å²) >= 11 is 18.5. The van der Waals surface area contributed by atoms with Crippen LogP contribution in [0.1, 0.15) is 11.1 Å². The molecule has 1 amide bonds. The normalized spacial score (nSPS) is 12.2. The number of esters is 1. The number of rotatable bonds is 9. The number of hydrogen-bond donors (Lipinski definition) is 1. The van der Waals surface area contributed by atoms with Crippen LogP contribution in [-0.2, 0) is 27.4 Å². The Labute approximate surface area is 248 Å². The van der Waals surface area contributed by atoms with Crippen molar-refractivity contribution in [3.05, 3.63) is 79.0 Å². The molecule has 0 bridgehead atoms. The second-order valence-electron chi connectivity index (χ2n) is 8.53. The highest BCUT2D eigenvalue weighted by atomic mass is 35.5. The topological polar surface area (TPSA) is 147 Å². The number of nitrogens with one attached hydrogen (secondary N) is 1. The summed E-state index contributed by atoms with van der Waals surface area (Å²) in [6.07, 6.45) is -4.26. The first-order valence-electron chi connectivity index (χ1n) is 11.5. The predicted molar refractivity (Wildman–Crippen MR) is 143 cm³/mol. The number of pyridine rings is 1. The van der Waals surface area contributed by atoms with Gasteiger partial charge in [0.25, 0.3) is 5.69 Å². The summed E-state index contributed by atoms with van der Waals surface area (Å²) in [6, 6.07) is 6.40. The molecule has 0 aliphatic heterocycles. The number of oxazole rings is 1. The molecular weight excluding hydrogens is 632 g/mol. The van der Waals surface area contributed by atoms with Crippen LogP contribution in [0.15, 0.2) is 47.0 Å². The molecule has 2 aromatic carbocycles. The molecule has 0 saturated heterocycles. The van der Waals surface area contributed by atoms with Crippen molar-refractivity contribution in [2.24, 2.45) is 0 Å². The zero-order valence-electron chi connectivity index (χ0n) is 21.0. The number of alkyl halides is 3. The van der Waals surface area contributed by atoms with Gasteiger partial charge in [-0.1, -0.05) is 34.8 Å². The second kappa shape index (κ2) is 12.4. The lowest BCUT2D eigenvalue weighted by atomic mass is 10.1. The van der Waals surface area contributed by atoms with E-state index in [-0.39, 0.29) is 61.4 Å². The van der Waals surface area contributed by atoms with Gasteiger partial charge in [-0.15, -0.1) is 0 Å². The van der Waals surface area contributed by atoms with Gasteiger partial charge in [-0.05, 0) is 29.8 Å². The highest BCUT2D eigenvalue weighted by molar-refractivity contribution is 6.37. The Hall–Kier alpha value is -4.14. The third kappa shape index (κ3) is 7.01. The van der Waals surface area contributed by atoms with Gasteiger partial charge in [-0.25, -0.2) is 14.8 Å². The van der Waals surface area contributed by atoms with E-state index in [9.17, 15) is 32.9 Å². The van der Waals surface area contributed by atoms with E-state index in [1.807, 2.05) is 0 Å². The van der Waals surface area contributed by atoms with Crippen molar-refractivity contribution in [2.45, 2.75) is 25.2 Å². The average Bonchev–Trinajstić information content (AvgIpc) is 3.36. The van der Waals surface area contributed by atoms with Gasteiger partial charge < -0.3 is 19.2 Å². The zero-order valence-corrected chi connectivity index (χ0v) is 23.3. The summed E-state index contributed by atoms with van der Waals surface area (Å²) in [5, 5.41) is 13.1. The van der Waals surface area contributed by atoms with Crippen LogP contribution in [0.4, 0.5) is 18.9 Å². The standard InChI is InChI=1S/C25H16Cl3F3N4O7/c1-40-23(36)18(34-24(37)25(29,30)31)6-11-4-15(26)21(16(27)5-11)41-10-13-7-14(35(38)39)8-17-20(13)42-22(33-17)12-2-3-19(28)32-9-12/h2-5,7-9,18H,6,10H2,1H3,(H,34,37)/t18-/m0/s1. The number of methoxy groups -OCH3 is 1. The molecule has 0 saturated carbocycles. The SMILES string of the molecule is COC(=O)[C@H](Cc1cc(Cl)c(OCc2cc([N+](=O)[O-])cc3nc(-c4ccc(Cl)nc4)oc23)c(Cl)c1)NC(=O)C(F)(F)F. The van der Waals surface area contributed by atoms with Gasteiger partial charge in [0, 0.05) is 30.3 Å². The molecule has 0 aliphatic carbocycles. The molecule has 2 aromatic heterocycles. The molecule has 1 N–H and O–H groups in total. The van der Waals surface area contributed by atoms with Crippen molar-refractivity contribution < 1.29 is 41.6 Å². The number of halogens is 6. The lowest BCUT2D eigenvalue weighted by Crippen LogP contribution is -2.48. The molecule has 11 nitrogen and oxygen atoms in total. The predicted octanol–water partition coefficient (Wildman–Crippen LogP) is 6.10. The zero-order chi connectivity index (χ0) is 30.8. The van der Waals surface area contributed by atoms with Gasteiger partial charge in [0.15, 0.2) is 11.3 Å². The molecule has 0 fully saturated rings. The molecule has 0 radical (unpaired) electrons. The van der Waals surface area contributed by atoms with Crippen LogP contribution in [0.2, 0.25) is 15.2 Å². The van der Waals surface area contributed by atoms with Gasteiger partial charge in [-0.2, -0.15) is 13.2 Å². The monoisotopic (exact) mass is 646 g/mol. The molecular formula is C25H16Cl3F3N4O7. The van der Waals surface area contributed by atoms with E-state index in [1.165, 1.54) is 36.5 Å². The van der Waals surface area contributed by atoms with Crippen LogP contribution in [0.3, 0.4) is 0 Å². The third-order valence-electron chi connectivity index (χ3n) is 5.66. The maximum Gasteiger partial charge on any atom is 0.471 e. The Kier molecular flexibility index (Phi) is 9.09. The number of nitro groups is 1. The third-order valence-corrected chi connectivity index (χ3v) is 6.44. The van der Waals surface area contributed by atoms with Crippen molar-refractivity contribution >= 4 is 63.5 Å². The lowest BCUT2D eigenvalue weighted by molar-refractivity contribution is -0.384. The number of carbonyl (C=O) groups is 2. The minimum atomic E-state index is -5.23. The summed E-state index contributed by atoms with van der Waals surface area (Å²) in [6.45, 7) is -0.323. The number of hydrogen-bond acceptors (Lipinski definition) is 9. The number of carbonyl (C=O) groups excluding carboxylic acids is 2. The largest absolute Gasteiger partial charge is 0.486 e. The average molecular weight is 648 g/mol. The molecule has 4 aromatic rings. The first-order valence-corrected chi connectivity index (χ1v) is 12.7. The smallest absolute Gasteiger partial charge is 0.471 e. The number of non-ortho nitro benzene ring substituents is 1. The van der Waals surface area contributed by atoms with Crippen LogP contribution in [-0.4, -0.2) is 46.1 Å². The molecule has 0 unspecified atom stereocenters. The van der Waals surface area contributed by atoms with Gasteiger partial charge in [0.1, 0.15) is 23.3 Å². The van der Waals surface area contributed by atoms with E-state index in [0.29, 0.717) is 5.56 Å². The Morgan fingerprint density at radius 2 is 1.83 bits per heavy atom. The number of nitrogens with zero attached hydrogens (tertiary/aromatic N) is 3. The van der Waals surface area contributed by atoms with Crippen molar-refractivity contribution in [2.75, 3.05) is 7.11 Å². The first kappa shape index (κ1) is 30.8. The fraction of sp³-hybridized carbons (Fsp3) is 0.200. The number of aromatic nitrogens is 2. The van der Waals surface area contributed by atoms with E-state index in [2.05, 4.69) is 14.7 Å². The molecule has 0 aliphatic rings. The minimum absolute atomic E-state index is 0.0719. The van der Waals surface area contributed by atoms with Crippen molar-refractivity contribution in [3.8, 4) is 17.2 Å². The van der Waals surface area contributed by atoms with E-state index < -0.39 is 35.4 Å². The molecule has 1 atom stereocenters. The number of amides is 1. The summed E-state index contributed by atoms with van der Waals surface area (Å²) < 4.78 is 54.2. The Morgan fingerprint density at radius 1 is 1.14 bits per heavy atom. The first-order chi connectivity index (χ1) is 19.8. The van der Waals surface area contributed by atoms with Crippen LogP contribution in [0.25, 0.3) is 22.6 Å². The fourth-order valence-electron chi connectivity index (χ4n) is 3.75. The highest BCUT2D eigenvalue weighted by Crippen LogP contribution is 2.37. The quantitative estimate of drug-likeness (QED) is 0.0985. The number of ether oxygens (including phenoxy) is 2. The molecule has 42 heavy (non-hydrogen) atoms. The molecule has 17 heteroatoms. The maximum absolute atomic E-state index is 12.7. The van der Waals surface area contributed by atoms with Crippen LogP contribution >= 0.6 is 34.8 Å². The molecule has 2 heterocycles. The van der Waals surface area contributed by atoms with Gasteiger partial charge in [0.2, 0.25) is 5.89 Å². The summed E-state index contributed by atoms with van der Waals surface area (Å²) in [7, 11) is 0.945. The van der Waals surface area contributed by atoms with Crippen LogP contribution in [0.5, 0.6) is 5.75 Å². The van der Waals surface area contributed by atoms with Crippen molar-refractivity contribution in [3.63, 3.8) is 0 Å². The van der Waals surface area contributed by atoms with Gasteiger partial charge >= 0.3 is 18.1 Å². The molecule has 220 valence electrons. The van der Waals surface area contributed by atoms with Crippen molar-refractivity contribution in [1.82, 2.24) is 15.3 Å². The van der Waals surface area contributed by atoms with Crippen LogP contribution in [0, 0.1) is 10.1 Å². The van der Waals surface area contributed by atoms with Crippen molar-refractivity contribution in [1.29, 1.82) is 0 Å². The maximum atomic E-state index is 12.7. The van der Waals surface area contributed by atoms with E-state index >= 15 is 0 Å². The summed E-state index contributed by atoms with van der Waals surface area (Å²) in [5.41, 5.74) is 0.896. The Morgan fingerprint density at radius 3 is 2.40 bits per heavy atom. The minimum Gasteiger partial charge on any atom is -0.486 e. The lowest BCUT2D eigenvalue weighted by Gasteiger charge is -2.18. The Balaban J connectivity index is 1.60. The number of fused-ring (bicyclic) bond motifs is 1. The summed E-state index contributed by atoms with van der Waals surface area (Å²) in [4.78, 5) is 42.5. The van der Waals surface area contributed by atoms with Gasteiger partial charge in [-0.3, -0.25) is 14.9 Å². The number of nitro benzene ring substituents is 1. The molecule has 4 rings (SSSR count). The van der Waals surface area contributed by atoms with E-state index in [4.69, 9.17) is 44.0 Å². The second-order valence-corrected chi connectivity index (χ2v) is 9.73. The van der Waals surface area contributed by atoms with E-state index in [1.54, 1.807) is 11.4 Å².